The average Bonchev–Trinajstić information content (AvgIpc) is 2.71. The Morgan fingerprint density at radius 1 is 0.893 bits per heavy atom. The number of para-hydroxylation sites is 1. The summed E-state index contributed by atoms with van der Waals surface area (Å²) in [5.41, 5.74) is 0.769. The van der Waals surface area contributed by atoms with E-state index in [0.717, 1.165) is 0 Å². The SMILES string of the molecule is COC(=O)c1ccccc1NC(=O)CNC(=O)C(=O)Nc1cccc(OC)c1. The molecule has 0 aromatic heterocycles. The number of nitrogens with one attached hydrogen (secondary N) is 3. The molecule has 0 bridgehead atoms. The minimum atomic E-state index is -0.987. The van der Waals surface area contributed by atoms with Gasteiger partial charge in [-0.3, -0.25) is 14.4 Å². The highest BCUT2D eigenvalue weighted by Crippen LogP contribution is 2.17. The quantitative estimate of drug-likeness (QED) is 0.507. The number of carbonyl (C=O) groups is 4. The molecule has 0 saturated carbocycles. The van der Waals surface area contributed by atoms with Crippen LogP contribution in [0.25, 0.3) is 0 Å². The van der Waals surface area contributed by atoms with Crippen molar-refractivity contribution >= 4 is 35.1 Å². The van der Waals surface area contributed by atoms with E-state index in [9.17, 15) is 19.2 Å². The lowest BCUT2D eigenvalue weighted by atomic mass is 10.2. The summed E-state index contributed by atoms with van der Waals surface area (Å²) in [4.78, 5) is 47.5. The summed E-state index contributed by atoms with van der Waals surface area (Å²) in [6, 6.07) is 12.7. The van der Waals surface area contributed by atoms with Gasteiger partial charge in [-0.15, -0.1) is 0 Å². The number of ether oxygens (including phenoxy) is 2. The first-order valence-corrected chi connectivity index (χ1v) is 8.15. The van der Waals surface area contributed by atoms with Gasteiger partial charge < -0.3 is 25.4 Å². The van der Waals surface area contributed by atoms with Crippen LogP contribution >= 0.6 is 0 Å². The van der Waals surface area contributed by atoms with Crippen LogP contribution in [-0.2, 0) is 19.1 Å². The molecule has 0 heterocycles. The lowest BCUT2D eigenvalue weighted by molar-refractivity contribution is -0.136. The minimum Gasteiger partial charge on any atom is -0.497 e. The van der Waals surface area contributed by atoms with E-state index in [1.807, 2.05) is 0 Å². The molecule has 0 aliphatic rings. The van der Waals surface area contributed by atoms with Crippen molar-refractivity contribution in [2.45, 2.75) is 0 Å². The lowest BCUT2D eigenvalue weighted by Crippen LogP contribution is -2.39. The molecule has 28 heavy (non-hydrogen) atoms. The Labute approximate surface area is 161 Å². The molecule has 0 saturated heterocycles. The molecule has 0 fully saturated rings. The number of methoxy groups -OCH3 is 2. The van der Waals surface area contributed by atoms with Gasteiger partial charge >= 0.3 is 17.8 Å². The predicted octanol–water partition coefficient (Wildman–Crippen LogP) is 1.18. The molecule has 0 aliphatic carbocycles. The van der Waals surface area contributed by atoms with Crippen molar-refractivity contribution in [3.8, 4) is 5.75 Å². The van der Waals surface area contributed by atoms with Crippen molar-refractivity contribution < 1.29 is 28.7 Å². The van der Waals surface area contributed by atoms with Crippen molar-refractivity contribution in [2.75, 3.05) is 31.4 Å². The topological polar surface area (TPSA) is 123 Å². The van der Waals surface area contributed by atoms with Crippen molar-refractivity contribution in [1.82, 2.24) is 5.32 Å². The predicted molar refractivity (Wildman–Crippen MR) is 101 cm³/mol. The number of rotatable bonds is 6. The van der Waals surface area contributed by atoms with Crippen molar-refractivity contribution in [3.05, 3.63) is 54.1 Å². The molecular formula is C19H19N3O6. The van der Waals surface area contributed by atoms with Crippen LogP contribution in [0.4, 0.5) is 11.4 Å². The third-order valence-corrected chi connectivity index (χ3v) is 3.55. The molecule has 0 unspecified atom stereocenters. The van der Waals surface area contributed by atoms with Gasteiger partial charge in [0.25, 0.3) is 0 Å². The summed E-state index contributed by atoms with van der Waals surface area (Å²) in [5, 5.41) is 7.08. The fraction of sp³-hybridized carbons (Fsp3) is 0.158. The summed E-state index contributed by atoms with van der Waals surface area (Å²) in [6.45, 7) is -0.458. The maximum absolute atomic E-state index is 12.0. The van der Waals surface area contributed by atoms with Crippen LogP contribution in [0.5, 0.6) is 5.75 Å². The van der Waals surface area contributed by atoms with Gasteiger partial charge in [0.15, 0.2) is 0 Å². The highest BCUT2D eigenvalue weighted by molar-refractivity contribution is 6.40. The molecule has 9 heteroatoms. The van der Waals surface area contributed by atoms with Crippen LogP contribution in [0.3, 0.4) is 0 Å². The number of benzene rings is 2. The van der Waals surface area contributed by atoms with Crippen molar-refractivity contribution in [1.29, 1.82) is 0 Å². The molecule has 0 spiro atoms. The fourth-order valence-corrected chi connectivity index (χ4v) is 2.20. The maximum atomic E-state index is 12.0. The smallest absolute Gasteiger partial charge is 0.339 e. The molecule has 2 aromatic rings. The molecule has 9 nitrogen and oxygen atoms in total. The van der Waals surface area contributed by atoms with E-state index in [1.54, 1.807) is 36.4 Å². The number of carbonyl (C=O) groups excluding carboxylic acids is 4. The van der Waals surface area contributed by atoms with E-state index < -0.39 is 30.2 Å². The zero-order valence-corrected chi connectivity index (χ0v) is 15.3. The summed E-state index contributed by atoms with van der Waals surface area (Å²) < 4.78 is 9.67. The van der Waals surface area contributed by atoms with Gasteiger partial charge in [0.05, 0.1) is 32.0 Å². The summed E-state index contributed by atoms with van der Waals surface area (Å²) in [7, 11) is 2.70. The Bertz CT molecular complexity index is 897. The number of anilines is 2. The van der Waals surface area contributed by atoms with Crippen LogP contribution in [0.15, 0.2) is 48.5 Å². The second-order valence-electron chi connectivity index (χ2n) is 5.45. The lowest BCUT2D eigenvalue weighted by Gasteiger charge is -2.10. The molecule has 146 valence electrons. The summed E-state index contributed by atoms with van der Waals surface area (Å²) >= 11 is 0. The highest BCUT2D eigenvalue weighted by atomic mass is 16.5. The van der Waals surface area contributed by atoms with Crippen LogP contribution in [0, 0.1) is 0 Å². The minimum absolute atomic E-state index is 0.167. The molecule has 0 aliphatic heterocycles. The molecule has 2 rings (SSSR count). The molecule has 3 N–H and O–H groups in total. The normalized spacial score (nSPS) is 9.79. The molecule has 3 amide bonds. The van der Waals surface area contributed by atoms with E-state index >= 15 is 0 Å². The molecular weight excluding hydrogens is 366 g/mol. The Kier molecular flexibility index (Phi) is 7.09. The number of hydrogen-bond donors (Lipinski definition) is 3. The summed E-state index contributed by atoms with van der Waals surface area (Å²) in [6.07, 6.45) is 0. The first-order chi connectivity index (χ1) is 13.4. The average molecular weight is 385 g/mol. The maximum Gasteiger partial charge on any atom is 0.339 e. The highest BCUT2D eigenvalue weighted by Gasteiger charge is 2.17. The number of amides is 3. The second kappa shape index (κ2) is 9.72. The van der Waals surface area contributed by atoms with E-state index in [4.69, 9.17) is 4.74 Å². The van der Waals surface area contributed by atoms with Gasteiger partial charge in [0.1, 0.15) is 5.75 Å². The fourth-order valence-electron chi connectivity index (χ4n) is 2.20. The standard InChI is InChI=1S/C19H19N3O6/c1-27-13-7-5-6-12(10-13)21-18(25)17(24)20-11-16(23)22-15-9-4-3-8-14(15)19(26)28-2/h3-10H,11H2,1-2H3,(H,20,24)(H,21,25)(H,22,23). The van der Waals surface area contributed by atoms with Crippen LogP contribution in [0.2, 0.25) is 0 Å². The first-order valence-electron chi connectivity index (χ1n) is 8.15. The van der Waals surface area contributed by atoms with E-state index in [-0.39, 0.29) is 11.3 Å². The summed E-state index contributed by atoms with van der Waals surface area (Å²) in [5.74, 6) is -2.63. The largest absolute Gasteiger partial charge is 0.497 e. The third kappa shape index (κ3) is 5.56. The molecule has 2 aromatic carbocycles. The van der Waals surface area contributed by atoms with Gasteiger partial charge in [-0.25, -0.2) is 4.79 Å². The Morgan fingerprint density at radius 3 is 2.36 bits per heavy atom. The van der Waals surface area contributed by atoms with E-state index in [0.29, 0.717) is 11.4 Å². The van der Waals surface area contributed by atoms with Crippen molar-refractivity contribution in [3.63, 3.8) is 0 Å². The third-order valence-electron chi connectivity index (χ3n) is 3.55. The number of hydrogen-bond acceptors (Lipinski definition) is 6. The molecule has 0 radical (unpaired) electrons. The van der Waals surface area contributed by atoms with Crippen LogP contribution < -0.4 is 20.7 Å². The van der Waals surface area contributed by atoms with Gasteiger partial charge in [0.2, 0.25) is 5.91 Å². The van der Waals surface area contributed by atoms with Crippen LogP contribution in [0.1, 0.15) is 10.4 Å². The van der Waals surface area contributed by atoms with E-state index in [1.165, 1.54) is 26.4 Å². The zero-order chi connectivity index (χ0) is 20.5. The second-order valence-corrected chi connectivity index (χ2v) is 5.45. The van der Waals surface area contributed by atoms with Gasteiger partial charge in [-0.1, -0.05) is 18.2 Å². The van der Waals surface area contributed by atoms with Gasteiger partial charge in [0, 0.05) is 11.8 Å². The monoisotopic (exact) mass is 385 g/mol. The van der Waals surface area contributed by atoms with Gasteiger partial charge in [-0.05, 0) is 24.3 Å². The Balaban J connectivity index is 1.89. The van der Waals surface area contributed by atoms with Crippen LogP contribution in [-0.4, -0.2) is 44.5 Å². The van der Waals surface area contributed by atoms with E-state index in [2.05, 4.69) is 20.7 Å². The van der Waals surface area contributed by atoms with Crippen molar-refractivity contribution in [2.24, 2.45) is 0 Å². The number of esters is 1. The zero-order valence-electron chi connectivity index (χ0n) is 15.3. The molecule has 0 atom stereocenters. The first kappa shape index (κ1) is 20.4. The Morgan fingerprint density at radius 2 is 1.64 bits per heavy atom. The Hall–Kier alpha value is -3.88. The van der Waals surface area contributed by atoms with Gasteiger partial charge in [-0.2, -0.15) is 0 Å².